The van der Waals surface area contributed by atoms with Gasteiger partial charge in [-0.1, -0.05) is 17.7 Å². The highest BCUT2D eigenvalue weighted by Gasteiger charge is 2.32. The minimum Gasteiger partial charge on any atom is -0.327 e. The van der Waals surface area contributed by atoms with Crippen LogP contribution in [-0.4, -0.2) is 16.9 Å². The summed E-state index contributed by atoms with van der Waals surface area (Å²) in [7, 11) is 0. The lowest BCUT2D eigenvalue weighted by Gasteiger charge is -2.28. The number of urea groups is 1. The molecule has 10 heteroatoms. The van der Waals surface area contributed by atoms with Crippen LogP contribution in [0, 0.1) is 10.1 Å². The van der Waals surface area contributed by atoms with Crippen molar-refractivity contribution < 1.29 is 14.5 Å². The molecule has 0 saturated carbocycles. The lowest BCUT2D eigenvalue weighted by molar-refractivity contribution is -0.385. The molecule has 144 valence electrons. The Balaban J connectivity index is 1.99. The topological polar surface area (TPSA) is 113 Å². The lowest BCUT2D eigenvalue weighted by Crippen LogP contribution is -2.46. The van der Waals surface area contributed by atoms with Crippen molar-refractivity contribution in [2.24, 2.45) is 0 Å². The fourth-order valence-corrected chi connectivity index (χ4v) is 3.34. The van der Waals surface area contributed by atoms with Crippen molar-refractivity contribution in [3.63, 3.8) is 0 Å². The monoisotopic (exact) mass is 464 g/mol. The first kappa shape index (κ1) is 19.8. The molecule has 2 aromatic rings. The van der Waals surface area contributed by atoms with Crippen molar-refractivity contribution in [1.82, 2.24) is 10.6 Å². The SMILES string of the molecule is CC1=C(C(=O)Nc2ccc(Cl)cc2)[C@@H](c2ccc(Br)c([N+](=O)[O-])c2)NC(=O)N1. The molecule has 8 nitrogen and oxygen atoms in total. The molecule has 1 atom stereocenters. The first-order valence-corrected chi connectivity index (χ1v) is 9.22. The van der Waals surface area contributed by atoms with Crippen molar-refractivity contribution in [2.45, 2.75) is 13.0 Å². The summed E-state index contributed by atoms with van der Waals surface area (Å²) in [6.45, 7) is 1.59. The van der Waals surface area contributed by atoms with Crippen LogP contribution in [0.3, 0.4) is 0 Å². The van der Waals surface area contributed by atoms with Gasteiger partial charge in [0.2, 0.25) is 0 Å². The second-order valence-corrected chi connectivity index (χ2v) is 7.29. The van der Waals surface area contributed by atoms with E-state index in [1.54, 1.807) is 37.3 Å². The van der Waals surface area contributed by atoms with Crippen LogP contribution in [0.1, 0.15) is 18.5 Å². The van der Waals surface area contributed by atoms with Crippen molar-refractivity contribution in [1.29, 1.82) is 0 Å². The van der Waals surface area contributed by atoms with Gasteiger partial charge in [0.15, 0.2) is 0 Å². The van der Waals surface area contributed by atoms with Crippen LogP contribution < -0.4 is 16.0 Å². The lowest BCUT2D eigenvalue weighted by atomic mass is 9.94. The molecule has 3 amide bonds. The van der Waals surface area contributed by atoms with Crippen LogP contribution in [0.25, 0.3) is 0 Å². The first-order chi connectivity index (χ1) is 13.3. The molecule has 1 aliphatic heterocycles. The zero-order valence-corrected chi connectivity index (χ0v) is 16.8. The highest BCUT2D eigenvalue weighted by atomic mass is 79.9. The number of nitrogens with one attached hydrogen (secondary N) is 3. The number of halogens is 2. The fourth-order valence-electron chi connectivity index (χ4n) is 2.83. The molecule has 0 bridgehead atoms. The van der Waals surface area contributed by atoms with Crippen molar-refractivity contribution in [3.8, 4) is 0 Å². The molecule has 0 fully saturated rings. The second kappa shape index (κ2) is 7.99. The molecule has 0 spiro atoms. The van der Waals surface area contributed by atoms with Gasteiger partial charge in [0.05, 0.1) is 21.0 Å². The molecule has 1 aliphatic rings. The zero-order chi connectivity index (χ0) is 20.4. The molecule has 0 radical (unpaired) electrons. The Morgan fingerprint density at radius 1 is 1.25 bits per heavy atom. The fraction of sp³-hybridized carbons (Fsp3) is 0.111. The number of carbonyl (C=O) groups excluding carboxylic acids is 2. The molecular weight excluding hydrogens is 452 g/mol. The maximum Gasteiger partial charge on any atom is 0.319 e. The van der Waals surface area contributed by atoms with Gasteiger partial charge in [-0.25, -0.2) is 4.79 Å². The van der Waals surface area contributed by atoms with E-state index in [0.717, 1.165) is 0 Å². The van der Waals surface area contributed by atoms with E-state index in [4.69, 9.17) is 11.6 Å². The van der Waals surface area contributed by atoms with Crippen LogP contribution in [0.4, 0.5) is 16.2 Å². The number of rotatable bonds is 4. The number of benzene rings is 2. The summed E-state index contributed by atoms with van der Waals surface area (Å²) < 4.78 is 0.300. The first-order valence-electron chi connectivity index (χ1n) is 8.05. The minimum atomic E-state index is -0.854. The predicted molar refractivity (Wildman–Crippen MR) is 108 cm³/mol. The van der Waals surface area contributed by atoms with Crippen LogP contribution >= 0.6 is 27.5 Å². The van der Waals surface area contributed by atoms with E-state index in [9.17, 15) is 19.7 Å². The predicted octanol–water partition coefficient (Wildman–Crippen LogP) is 4.28. The normalized spacial score (nSPS) is 16.2. The Morgan fingerprint density at radius 3 is 2.57 bits per heavy atom. The Morgan fingerprint density at radius 2 is 1.93 bits per heavy atom. The Kier molecular flexibility index (Phi) is 5.66. The highest BCUT2D eigenvalue weighted by Crippen LogP contribution is 2.33. The van der Waals surface area contributed by atoms with Crippen LogP contribution in [-0.2, 0) is 4.79 Å². The maximum atomic E-state index is 12.9. The third-order valence-corrected chi connectivity index (χ3v) is 5.04. The number of nitrogens with zero attached hydrogens (tertiary/aromatic N) is 1. The van der Waals surface area contributed by atoms with Gasteiger partial charge in [0, 0.05) is 22.5 Å². The minimum absolute atomic E-state index is 0.166. The molecule has 1 heterocycles. The van der Waals surface area contributed by atoms with Gasteiger partial charge in [0.1, 0.15) is 0 Å². The summed E-state index contributed by atoms with van der Waals surface area (Å²) in [4.78, 5) is 35.6. The molecule has 0 aliphatic carbocycles. The third kappa shape index (κ3) is 4.15. The summed E-state index contributed by atoms with van der Waals surface area (Å²) in [5, 5.41) is 19.7. The number of hydrogen-bond donors (Lipinski definition) is 3. The largest absolute Gasteiger partial charge is 0.327 e. The van der Waals surface area contributed by atoms with E-state index in [2.05, 4.69) is 31.9 Å². The quantitative estimate of drug-likeness (QED) is 0.462. The van der Waals surface area contributed by atoms with Crippen LogP contribution in [0.15, 0.2) is 58.2 Å². The van der Waals surface area contributed by atoms with E-state index in [1.807, 2.05) is 0 Å². The average Bonchev–Trinajstić information content (AvgIpc) is 2.63. The van der Waals surface area contributed by atoms with Crippen molar-refractivity contribution in [3.05, 3.63) is 78.9 Å². The number of carbonyl (C=O) groups is 2. The van der Waals surface area contributed by atoms with E-state index in [1.165, 1.54) is 12.1 Å². The molecule has 0 unspecified atom stereocenters. The van der Waals surface area contributed by atoms with Crippen molar-refractivity contribution >= 4 is 50.8 Å². The Bertz CT molecular complexity index is 1010. The van der Waals surface area contributed by atoms with Gasteiger partial charge in [-0.05, 0) is 58.7 Å². The molecule has 2 aromatic carbocycles. The summed E-state index contributed by atoms with van der Waals surface area (Å²) in [5.41, 5.74) is 1.36. The van der Waals surface area contributed by atoms with Crippen LogP contribution in [0.5, 0.6) is 0 Å². The van der Waals surface area contributed by atoms with E-state index >= 15 is 0 Å². The van der Waals surface area contributed by atoms with E-state index in [0.29, 0.717) is 26.4 Å². The van der Waals surface area contributed by atoms with Gasteiger partial charge in [-0.3, -0.25) is 14.9 Å². The molecule has 0 aromatic heterocycles. The third-order valence-electron chi connectivity index (χ3n) is 4.12. The summed E-state index contributed by atoms with van der Waals surface area (Å²) in [5.74, 6) is -0.456. The van der Waals surface area contributed by atoms with E-state index in [-0.39, 0.29) is 11.3 Å². The number of nitro groups is 1. The Labute approximate surface area is 173 Å². The molecule has 3 N–H and O–H groups in total. The average molecular weight is 466 g/mol. The number of anilines is 1. The standard InChI is InChI=1S/C18H14BrClN4O4/c1-9-15(17(25)22-12-5-3-11(20)4-6-12)16(23-18(26)21-9)10-2-7-13(19)14(8-10)24(27)28/h2-8,16H,1H3,(H,22,25)(H2,21,23,26)/t16-/m1/s1. The van der Waals surface area contributed by atoms with Gasteiger partial charge in [0.25, 0.3) is 11.6 Å². The van der Waals surface area contributed by atoms with E-state index < -0.39 is 22.9 Å². The number of allylic oxidation sites excluding steroid dienone is 1. The summed E-state index contributed by atoms with van der Waals surface area (Å²) in [6, 6.07) is 9.63. The summed E-state index contributed by atoms with van der Waals surface area (Å²) >= 11 is 8.98. The number of nitro benzene ring substituents is 1. The van der Waals surface area contributed by atoms with Gasteiger partial charge >= 0.3 is 6.03 Å². The van der Waals surface area contributed by atoms with Crippen molar-refractivity contribution in [2.75, 3.05) is 5.32 Å². The van der Waals surface area contributed by atoms with Crippen LogP contribution in [0.2, 0.25) is 5.02 Å². The van der Waals surface area contributed by atoms with Gasteiger partial charge in [-0.2, -0.15) is 0 Å². The zero-order valence-electron chi connectivity index (χ0n) is 14.5. The summed E-state index contributed by atoms with van der Waals surface area (Å²) in [6.07, 6.45) is 0. The molecular formula is C18H14BrClN4O4. The highest BCUT2D eigenvalue weighted by molar-refractivity contribution is 9.10. The van der Waals surface area contributed by atoms with Gasteiger partial charge < -0.3 is 16.0 Å². The number of hydrogen-bond acceptors (Lipinski definition) is 4. The second-order valence-electron chi connectivity index (χ2n) is 6.00. The molecule has 0 saturated heterocycles. The molecule has 3 rings (SSSR count). The number of amides is 3. The maximum absolute atomic E-state index is 12.9. The van der Waals surface area contributed by atoms with Gasteiger partial charge in [-0.15, -0.1) is 0 Å². The molecule has 28 heavy (non-hydrogen) atoms. The smallest absolute Gasteiger partial charge is 0.319 e. The Hall–Kier alpha value is -2.91.